The zero-order valence-corrected chi connectivity index (χ0v) is 10.5. The molecule has 0 radical (unpaired) electrons. The highest BCUT2D eigenvalue weighted by Gasteiger charge is 2.44. The van der Waals surface area contributed by atoms with Crippen LogP contribution < -0.4 is 10.5 Å². The van der Waals surface area contributed by atoms with Crippen molar-refractivity contribution in [2.75, 3.05) is 7.11 Å². The quantitative estimate of drug-likeness (QED) is 0.806. The molecule has 0 aromatic heterocycles. The highest BCUT2D eigenvalue weighted by molar-refractivity contribution is 5.44. The zero-order chi connectivity index (χ0) is 11.9. The van der Waals surface area contributed by atoms with Crippen LogP contribution >= 0.6 is 0 Å². The maximum Gasteiger partial charge on any atom is 0.119 e. The fourth-order valence-corrected chi connectivity index (χ4v) is 3.82. The van der Waals surface area contributed by atoms with Crippen LogP contribution in [-0.4, -0.2) is 13.2 Å². The predicted molar refractivity (Wildman–Crippen MR) is 69.4 cm³/mol. The van der Waals surface area contributed by atoms with Crippen molar-refractivity contribution in [2.45, 2.75) is 50.0 Å². The lowest BCUT2D eigenvalue weighted by atomic mass is 9.66. The summed E-state index contributed by atoms with van der Waals surface area (Å²) in [4.78, 5) is 0. The monoisotopic (exact) mass is 231 g/mol. The van der Waals surface area contributed by atoms with Gasteiger partial charge in [0.25, 0.3) is 0 Å². The van der Waals surface area contributed by atoms with E-state index in [4.69, 9.17) is 10.5 Å². The Kier molecular flexibility index (Phi) is 2.62. The van der Waals surface area contributed by atoms with Crippen LogP contribution in [-0.2, 0) is 11.8 Å². The largest absolute Gasteiger partial charge is 0.497 e. The van der Waals surface area contributed by atoms with E-state index in [1.807, 2.05) is 0 Å². The van der Waals surface area contributed by atoms with Crippen molar-refractivity contribution >= 4 is 0 Å². The van der Waals surface area contributed by atoms with Crippen LogP contribution in [0, 0.1) is 0 Å². The Labute approximate surface area is 103 Å². The molecule has 1 saturated carbocycles. The molecule has 0 aliphatic heterocycles. The Bertz CT molecular complexity index is 421. The van der Waals surface area contributed by atoms with Gasteiger partial charge in [0.1, 0.15) is 5.75 Å². The van der Waals surface area contributed by atoms with Crippen LogP contribution in [0.3, 0.4) is 0 Å². The lowest BCUT2D eigenvalue weighted by Gasteiger charge is -2.41. The third kappa shape index (κ3) is 1.58. The summed E-state index contributed by atoms with van der Waals surface area (Å²) in [6, 6.07) is 6.92. The number of aryl methyl sites for hydroxylation is 1. The summed E-state index contributed by atoms with van der Waals surface area (Å²) in [6.07, 6.45) is 7.44. The van der Waals surface area contributed by atoms with Crippen LogP contribution in [0.15, 0.2) is 18.2 Å². The summed E-state index contributed by atoms with van der Waals surface area (Å²) in [5.74, 6) is 0.979. The molecule has 0 amide bonds. The van der Waals surface area contributed by atoms with Crippen LogP contribution in [0.4, 0.5) is 0 Å². The van der Waals surface area contributed by atoms with Gasteiger partial charge in [-0.25, -0.2) is 0 Å². The molecular weight excluding hydrogens is 210 g/mol. The first kappa shape index (κ1) is 11.1. The Morgan fingerprint density at radius 1 is 1.29 bits per heavy atom. The van der Waals surface area contributed by atoms with Crippen molar-refractivity contribution in [1.29, 1.82) is 0 Å². The van der Waals surface area contributed by atoms with Gasteiger partial charge in [0, 0.05) is 11.5 Å². The first-order valence-corrected chi connectivity index (χ1v) is 6.69. The standard InChI is InChI=1S/C15H21NO/c1-17-12-5-6-13-11(10-12)4-7-14(16)15(13)8-2-3-9-15/h5-6,10,14H,2-4,7-9,16H2,1H3. The lowest BCUT2D eigenvalue weighted by Crippen LogP contribution is -2.47. The molecule has 1 unspecified atom stereocenters. The minimum atomic E-state index is 0.278. The van der Waals surface area contributed by atoms with Crippen molar-refractivity contribution in [3.63, 3.8) is 0 Å². The number of methoxy groups -OCH3 is 1. The molecular formula is C15H21NO. The Morgan fingerprint density at radius 2 is 2.06 bits per heavy atom. The summed E-state index contributed by atoms with van der Waals surface area (Å²) < 4.78 is 5.33. The van der Waals surface area contributed by atoms with Gasteiger partial charge in [-0.3, -0.25) is 0 Å². The molecule has 2 N–H and O–H groups in total. The van der Waals surface area contributed by atoms with Gasteiger partial charge < -0.3 is 10.5 Å². The van der Waals surface area contributed by atoms with Gasteiger partial charge >= 0.3 is 0 Å². The maximum atomic E-state index is 6.43. The molecule has 1 aromatic carbocycles. The predicted octanol–water partition coefficient (Wildman–Crippen LogP) is 2.78. The second-order valence-corrected chi connectivity index (χ2v) is 5.53. The van der Waals surface area contributed by atoms with Gasteiger partial charge in [0.05, 0.1) is 7.11 Å². The topological polar surface area (TPSA) is 35.2 Å². The number of ether oxygens (including phenoxy) is 1. The number of hydrogen-bond acceptors (Lipinski definition) is 2. The molecule has 3 rings (SSSR count). The van der Waals surface area contributed by atoms with E-state index in [-0.39, 0.29) is 5.41 Å². The van der Waals surface area contributed by atoms with Crippen molar-refractivity contribution < 1.29 is 4.74 Å². The van der Waals surface area contributed by atoms with E-state index < -0.39 is 0 Å². The summed E-state index contributed by atoms with van der Waals surface area (Å²) in [6.45, 7) is 0. The van der Waals surface area contributed by atoms with Crippen molar-refractivity contribution in [2.24, 2.45) is 5.73 Å². The summed E-state index contributed by atoms with van der Waals surface area (Å²) in [5.41, 5.74) is 9.68. The highest BCUT2D eigenvalue weighted by Crippen LogP contribution is 2.48. The van der Waals surface area contributed by atoms with Gasteiger partial charge in [0.15, 0.2) is 0 Å². The molecule has 2 heteroatoms. The number of benzene rings is 1. The zero-order valence-electron chi connectivity index (χ0n) is 10.5. The molecule has 0 bridgehead atoms. The third-order valence-corrected chi connectivity index (χ3v) is 4.78. The Morgan fingerprint density at radius 3 is 2.76 bits per heavy atom. The molecule has 2 aliphatic carbocycles. The first-order chi connectivity index (χ1) is 8.26. The highest BCUT2D eigenvalue weighted by atomic mass is 16.5. The first-order valence-electron chi connectivity index (χ1n) is 6.69. The number of fused-ring (bicyclic) bond motifs is 2. The molecule has 0 saturated heterocycles. The molecule has 1 fully saturated rings. The summed E-state index contributed by atoms with van der Waals surface area (Å²) in [7, 11) is 1.74. The number of hydrogen-bond donors (Lipinski definition) is 1. The number of nitrogens with two attached hydrogens (primary N) is 1. The van der Waals surface area contributed by atoms with E-state index in [1.165, 1.54) is 36.8 Å². The molecule has 1 aromatic rings. The maximum absolute atomic E-state index is 6.43. The minimum absolute atomic E-state index is 0.278. The third-order valence-electron chi connectivity index (χ3n) is 4.78. The molecule has 92 valence electrons. The molecule has 1 spiro atoms. The minimum Gasteiger partial charge on any atom is -0.497 e. The van der Waals surface area contributed by atoms with Crippen LogP contribution in [0.25, 0.3) is 0 Å². The van der Waals surface area contributed by atoms with Crippen LogP contribution in [0.1, 0.15) is 43.2 Å². The van der Waals surface area contributed by atoms with Crippen LogP contribution in [0.2, 0.25) is 0 Å². The van der Waals surface area contributed by atoms with Gasteiger partial charge in [0.2, 0.25) is 0 Å². The van der Waals surface area contributed by atoms with E-state index in [9.17, 15) is 0 Å². The lowest BCUT2D eigenvalue weighted by molar-refractivity contribution is 0.312. The second-order valence-electron chi connectivity index (χ2n) is 5.53. The smallest absolute Gasteiger partial charge is 0.119 e. The summed E-state index contributed by atoms with van der Waals surface area (Å²) in [5, 5.41) is 0. The van der Waals surface area contributed by atoms with E-state index in [0.717, 1.165) is 18.6 Å². The molecule has 17 heavy (non-hydrogen) atoms. The van der Waals surface area contributed by atoms with Gasteiger partial charge in [-0.1, -0.05) is 18.9 Å². The fraction of sp³-hybridized carbons (Fsp3) is 0.600. The molecule has 2 aliphatic rings. The normalized spacial score (nSPS) is 25.9. The van der Waals surface area contributed by atoms with Gasteiger partial charge in [-0.2, -0.15) is 0 Å². The average Bonchev–Trinajstić information content (AvgIpc) is 2.84. The van der Waals surface area contributed by atoms with Gasteiger partial charge in [-0.15, -0.1) is 0 Å². The summed E-state index contributed by atoms with van der Waals surface area (Å²) >= 11 is 0. The van der Waals surface area contributed by atoms with E-state index in [1.54, 1.807) is 7.11 Å². The average molecular weight is 231 g/mol. The Balaban J connectivity index is 2.08. The number of rotatable bonds is 1. The SMILES string of the molecule is COc1ccc2c(c1)CCC(N)C21CCCC1. The van der Waals surface area contributed by atoms with Crippen molar-refractivity contribution in [3.8, 4) is 5.75 Å². The van der Waals surface area contributed by atoms with Crippen molar-refractivity contribution in [1.82, 2.24) is 0 Å². The molecule has 0 heterocycles. The fourth-order valence-electron chi connectivity index (χ4n) is 3.82. The second kappa shape index (κ2) is 4.02. The van der Waals surface area contributed by atoms with Crippen molar-refractivity contribution in [3.05, 3.63) is 29.3 Å². The van der Waals surface area contributed by atoms with E-state index in [2.05, 4.69) is 18.2 Å². The Hall–Kier alpha value is -1.02. The van der Waals surface area contributed by atoms with E-state index in [0.29, 0.717) is 6.04 Å². The molecule has 1 atom stereocenters. The van der Waals surface area contributed by atoms with E-state index >= 15 is 0 Å². The van der Waals surface area contributed by atoms with Gasteiger partial charge in [-0.05, 0) is 48.9 Å². The molecule has 2 nitrogen and oxygen atoms in total. The van der Waals surface area contributed by atoms with Crippen LogP contribution in [0.5, 0.6) is 5.75 Å².